The number of aromatic nitrogens is 2. The smallest absolute Gasteiger partial charge is 0.211 e. The van der Waals surface area contributed by atoms with Crippen LogP contribution in [-0.4, -0.2) is 70.4 Å². The Balaban J connectivity index is 1.70. The third-order valence-corrected chi connectivity index (χ3v) is 6.98. The molecule has 0 saturated carbocycles. The van der Waals surface area contributed by atoms with Crippen molar-refractivity contribution in [2.24, 2.45) is 5.92 Å². The molecule has 0 unspecified atom stereocenters. The van der Waals surface area contributed by atoms with E-state index in [1.807, 2.05) is 6.92 Å². The Kier molecular flexibility index (Phi) is 4.28. The van der Waals surface area contributed by atoms with Gasteiger partial charge in [0.15, 0.2) is 0 Å². The van der Waals surface area contributed by atoms with E-state index in [0.29, 0.717) is 32.5 Å². The van der Waals surface area contributed by atoms with Crippen molar-refractivity contribution in [1.82, 2.24) is 18.8 Å². The molecule has 22 heavy (non-hydrogen) atoms. The van der Waals surface area contributed by atoms with E-state index in [4.69, 9.17) is 0 Å². The first kappa shape index (κ1) is 16.3. The molecule has 0 radical (unpaired) electrons. The van der Waals surface area contributed by atoms with Gasteiger partial charge in [0, 0.05) is 38.6 Å². The Morgan fingerprint density at radius 1 is 1.36 bits per heavy atom. The van der Waals surface area contributed by atoms with E-state index in [1.54, 1.807) is 0 Å². The molecule has 2 fully saturated rings. The highest BCUT2D eigenvalue weighted by molar-refractivity contribution is 7.88. The van der Waals surface area contributed by atoms with Crippen LogP contribution >= 0.6 is 11.5 Å². The summed E-state index contributed by atoms with van der Waals surface area (Å²) >= 11 is 1.40. The molecule has 3 rings (SSSR count). The quantitative estimate of drug-likeness (QED) is 0.833. The molecule has 7 nitrogen and oxygen atoms in total. The zero-order chi connectivity index (χ0) is 16.0. The van der Waals surface area contributed by atoms with Gasteiger partial charge in [-0.05, 0) is 31.3 Å². The lowest BCUT2D eigenvalue weighted by Crippen LogP contribution is -2.60. The minimum atomic E-state index is -3.19. The van der Waals surface area contributed by atoms with Crippen molar-refractivity contribution in [2.45, 2.75) is 31.9 Å². The summed E-state index contributed by atoms with van der Waals surface area (Å²) in [4.78, 5) is 3.41. The summed E-state index contributed by atoms with van der Waals surface area (Å²) in [6, 6.07) is 0. The fourth-order valence-corrected chi connectivity index (χ4v) is 4.93. The second-order valence-corrected chi connectivity index (χ2v) is 9.26. The van der Waals surface area contributed by atoms with Crippen molar-refractivity contribution >= 4 is 21.6 Å². The van der Waals surface area contributed by atoms with Gasteiger partial charge in [-0.3, -0.25) is 4.90 Å². The highest BCUT2D eigenvalue weighted by Crippen LogP contribution is 2.36. The average molecular weight is 346 g/mol. The van der Waals surface area contributed by atoms with Crippen LogP contribution in [0.5, 0.6) is 0 Å². The predicted molar refractivity (Wildman–Crippen MR) is 84.0 cm³/mol. The van der Waals surface area contributed by atoms with Crippen LogP contribution in [0.25, 0.3) is 0 Å². The zero-order valence-electron chi connectivity index (χ0n) is 12.9. The van der Waals surface area contributed by atoms with Gasteiger partial charge >= 0.3 is 0 Å². The van der Waals surface area contributed by atoms with Crippen molar-refractivity contribution in [3.63, 3.8) is 0 Å². The van der Waals surface area contributed by atoms with Gasteiger partial charge in [-0.25, -0.2) is 12.7 Å². The third-order valence-electron chi connectivity index (χ3n) is 4.90. The molecule has 1 N–H and O–H groups in total. The molecule has 2 atom stereocenters. The predicted octanol–water partition coefficient (Wildman–Crippen LogP) is 0.0648. The number of nitrogens with zero attached hydrogens (tertiary/aromatic N) is 4. The van der Waals surface area contributed by atoms with Crippen LogP contribution in [0.4, 0.5) is 0 Å². The number of aliphatic hydroxyl groups is 1. The molecule has 0 aliphatic carbocycles. The summed E-state index contributed by atoms with van der Waals surface area (Å²) in [5, 5.41) is 14.8. The van der Waals surface area contributed by atoms with E-state index < -0.39 is 15.6 Å². The Morgan fingerprint density at radius 2 is 2.09 bits per heavy atom. The second kappa shape index (κ2) is 5.79. The summed E-state index contributed by atoms with van der Waals surface area (Å²) in [6.45, 7) is 5.08. The molecule has 2 saturated heterocycles. The standard InChI is InChI=1S/C13H22N4O3S2/c1-10-12(21-15-14-10)9-16-5-3-13(18)4-6-17(22(2,19)20)8-11(13)7-16/h11,18H,3-9H2,1-2H3/t11-,13-/m1/s1. The van der Waals surface area contributed by atoms with Crippen molar-refractivity contribution in [1.29, 1.82) is 0 Å². The SMILES string of the molecule is Cc1nnsc1CN1CC[C@@]2(O)CCN(S(C)(=O)=O)C[C@H]2C1. The van der Waals surface area contributed by atoms with Crippen LogP contribution in [0, 0.1) is 12.8 Å². The average Bonchev–Trinajstić information content (AvgIpc) is 2.83. The first-order valence-corrected chi connectivity index (χ1v) is 10.1. The maximum absolute atomic E-state index is 11.8. The van der Waals surface area contributed by atoms with Crippen molar-refractivity contribution < 1.29 is 13.5 Å². The largest absolute Gasteiger partial charge is 0.389 e. The Labute approximate surface area is 135 Å². The Hall–Kier alpha value is -0.610. The van der Waals surface area contributed by atoms with Gasteiger partial charge in [0.05, 0.1) is 22.4 Å². The lowest BCUT2D eigenvalue weighted by atomic mass is 9.76. The molecule has 0 aromatic carbocycles. The molecule has 124 valence electrons. The first-order valence-electron chi connectivity index (χ1n) is 7.46. The molecule has 2 aliphatic rings. The van der Waals surface area contributed by atoms with Gasteiger partial charge in [-0.2, -0.15) is 0 Å². The number of aryl methyl sites for hydroxylation is 1. The van der Waals surface area contributed by atoms with Crippen LogP contribution in [0.15, 0.2) is 0 Å². The minimum absolute atomic E-state index is 0.0362. The summed E-state index contributed by atoms with van der Waals surface area (Å²) in [5.41, 5.74) is 0.228. The van der Waals surface area contributed by atoms with Gasteiger partial charge < -0.3 is 5.11 Å². The second-order valence-electron chi connectivity index (χ2n) is 6.44. The van der Waals surface area contributed by atoms with E-state index in [9.17, 15) is 13.5 Å². The van der Waals surface area contributed by atoms with Crippen LogP contribution in [0.1, 0.15) is 23.4 Å². The summed E-state index contributed by atoms with van der Waals surface area (Å²) in [6.07, 6.45) is 2.46. The van der Waals surface area contributed by atoms with Crippen molar-refractivity contribution in [2.75, 3.05) is 32.4 Å². The van der Waals surface area contributed by atoms with Crippen LogP contribution in [-0.2, 0) is 16.6 Å². The van der Waals surface area contributed by atoms with Crippen LogP contribution < -0.4 is 0 Å². The fraction of sp³-hybridized carbons (Fsp3) is 0.846. The number of hydrogen-bond donors (Lipinski definition) is 1. The lowest BCUT2D eigenvalue weighted by molar-refractivity contribution is -0.102. The highest BCUT2D eigenvalue weighted by atomic mass is 32.2. The number of piperidine rings is 2. The number of hydrogen-bond acceptors (Lipinski definition) is 7. The molecular weight excluding hydrogens is 324 g/mol. The third kappa shape index (κ3) is 3.18. The molecule has 1 aromatic heterocycles. The molecule has 1 aromatic rings. The topological polar surface area (TPSA) is 86.6 Å². The van der Waals surface area contributed by atoms with Crippen LogP contribution in [0.3, 0.4) is 0 Å². The maximum atomic E-state index is 11.8. The normalized spacial score (nSPS) is 31.1. The molecule has 9 heteroatoms. The molecule has 3 heterocycles. The van der Waals surface area contributed by atoms with Gasteiger partial charge in [0.1, 0.15) is 0 Å². The Bertz CT molecular complexity index is 647. The molecule has 0 bridgehead atoms. The van der Waals surface area contributed by atoms with Crippen molar-refractivity contribution in [3.8, 4) is 0 Å². The number of rotatable bonds is 3. The fourth-order valence-electron chi connectivity index (χ4n) is 3.38. The van der Waals surface area contributed by atoms with Gasteiger partial charge in [-0.1, -0.05) is 4.49 Å². The van der Waals surface area contributed by atoms with Gasteiger partial charge in [-0.15, -0.1) is 5.10 Å². The molecule has 0 spiro atoms. The molecule has 2 aliphatic heterocycles. The lowest BCUT2D eigenvalue weighted by Gasteiger charge is -2.49. The maximum Gasteiger partial charge on any atom is 0.211 e. The highest BCUT2D eigenvalue weighted by Gasteiger charge is 2.46. The van der Waals surface area contributed by atoms with E-state index in [-0.39, 0.29) is 5.92 Å². The van der Waals surface area contributed by atoms with E-state index in [1.165, 1.54) is 22.1 Å². The van der Waals surface area contributed by atoms with E-state index >= 15 is 0 Å². The molecular formula is C13H22N4O3S2. The number of sulfonamides is 1. The van der Waals surface area contributed by atoms with Crippen molar-refractivity contribution in [3.05, 3.63) is 10.6 Å². The monoisotopic (exact) mass is 346 g/mol. The van der Waals surface area contributed by atoms with E-state index in [2.05, 4.69) is 14.5 Å². The summed E-state index contributed by atoms with van der Waals surface area (Å²) in [5.74, 6) is -0.0362. The van der Waals surface area contributed by atoms with Crippen LogP contribution in [0.2, 0.25) is 0 Å². The minimum Gasteiger partial charge on any atom is -0.389 e. The van der Waals surface area contributed by atoms with E-state index in [0.717, 1.165) is 23.7 Å². The first-order chi connectivity index (χ1) is 10.3. The Morgan fingerprint density at radius 3 is 2.73 bits per heavy atom. The number of likely N-dealkylation sites (tertiary alicyclic amines) is 1. The zero-order valence-corrected chi connectivity index (χ0v) is 14.5. The summed E-state index contributed by atoms with van der Waals surface area (Å²) in [7, 11) is -3.19. The molecule has 0 amide bonds. The van der Waals surface area contributed by atoms with Gasteiger partial charge in [0.2, 0.25) is 10.0 Å². The van der Waals surface area contributed by atoms with Gasteiger partial charge in [0.25, 0.3) is 0 Å². The number of fused-ring (bicyclic) bond motifs is 1. The summed E-state index contributed by atoms with van der Waals surface area (Å²) < 4.78 is 29.0.